The average molecular weight is 433 g/mol. The van der Waals surface area contributed by atoms with Crippen LogP contribution in [0.2, 0.25) is 0 Å². The number of nitrogens with zero attached hydrogens (tertiary/aromatic N) is 2. The monoisotopic (exact) mass is 431 g/mol. The zero-order chi connectivity index (χ0) is 16.4. The van der Waals surface area contributed by atoms with Crippen LogP contribution in [0.1, 0.15) is 17.2 Å². The first-order valence-electron chi connectivity index (χ1n) is 7.39. The first kappa shape index (κ1) is 19.3. The van der Waals surface area contributed by atoms with Crippen LogP contribution < -0.4 is 5.32 Å². The molecule has 1 atom stereocenters. The number of benzene rings is 1. The van der Waals surface area contributed by atoms with Crippen LogP contribution >= 0.6 is 28.3 Å². The zero-order valence-electron chi connectivity index (χ0n) is 13.1. The molecule has 0 aliphatic carbocycles. The molecule has 1 aromatic carbocycles. The summed E-state index contributed by atoms with van der Waals surface area (Å²) in [7, 11) is -3.59. The molecular weight excluding hydrogens is 414 g/mol. The van der Waals surface area contributed by atoms with Gasteiger partial charge in [0.05, 0.1) is 10.9 Å². The lowest BCUT2D eigenvalue weighted by atomic mass is 10.1. The Balaban J connectivity index is 0.00000208. The van der Waals surface area contributed by atoms with Gasteiger partial charge in [-0.2, -0.15) is 4.31 Å². The third kappa shape index (κ3) is 3.81. The highest BCUT2D eigenvalue weighted by molar-refractivity contribution is 9.10. The van der Waals surface area contributed by atoms with E-state index in [2.05, 4.69) is 26.2 Å². The highest BCUT2D eigenvalue weighted by atomic mass is 79.9. The molecule has 2 aromatic rings. The van der Waals surface area contributed by atoms with Crippen LogP contribution in [0.25, 0.3) is 0 Å². The van der Waals surface area contributed by atoms with E-state index in [0.717, 1.165) is 11.1 Å². The Morgan fingerprint density at radius 2 is 2.12 bits per heavy atom. The molecule has 1 aromatic heterocycles. The maximum Gasteiger partial charge on any atom is 0.244 e. The van der Waals surface area contributed by atoms with Gasteiger partial charge in [0.2, 0.25) is 10.0 Å². The summed E-state index contributed by atoms with van der Waals surface area (Å²) in [5.74, 6) is 0. The molecule has 1 fully saturated rings. The Kier molecular flexibility index (Phi) is 6.39. The lowest BCUT2D eigenvalue weighted by molar-refractivity contribution is 0.271. The second-order valence-electron chi connectivity index (χ2n) is 5.56. The maximum atomic E-state index is 13.2. The van der Waals surface area contributed by atoms with Crippen molar-refractivity contribution < 1.29 is 8.42 Å². The number of pyridine rings is 1. The van der Waals surface area contributed by atoms with Crippen molar-refractivity contribution in [1.29, 1.82) is 0 Å². The van der Waals surface area contributed by atoms with Gasteiger partial charge < -0.3 is 5.32 Å². The molecule has 1 N–H and O–H groups in total. The van der Waals surface area contributed by atoms with Crippen molar-refractivity contribution in [3.8, 4) is 0 Å². The fraction of sp³-hybridized carbons (Fsp3) is 0.312. The van der Waals surface area contributed by atoms with E-state index >= 15 is 0 Å². The lowest BCUT2D eigenvalue weighted by Gasteiger charge is -2.35. The molecule has 0 amide bonds. The molecule has 0 radical (unpaired) electrons. The number of rotatable bonds is 3. The predicted molar refractivity (Wildman–Crippen MR) is 99.9 cm³/mol. The molecule has 0 spiro atoms. The van der Waals surface area contributed by atoms with Gasteiger partial charge in [-0.1, -0.05) is 12.1 Å². The smallest absolute Gasteiger partial charge is 0.244 e. The number of sulfonamides is 1. The summed E-state index contributed by atoms with van der Waals surface area (Å²) < 4.78 is 28.5. The van der Waals surface area contributed by atoms with Gasteiger partial charge in [0, 0.05) is 36.5 Å². The van der Waals surface area contributed by atoms with Crippen LogP contribution in [-0.2, 0) is 10.0 Å². The van der Waals surface area contributed by atoms with Crippen LogP contribution in [-0.4, -0.2) is 37.3 Å². The number of nitrogens with one attached hydrogen (secondary N) is 1. The van der Waals surface area contributed by atoms with Crippen molar-refractivity contribution >= 4 is 38.4 Å². The number of hydrogen-bond acceptors (Lipinski definition) is 4. The second-order valence-corrected chi connectivity index (χ2v) is 8.27. The first-order valence-corrected chi connectivity index (χ1v) is 9.62. The van der Waals surface area contributed by atoms with Crippen LogP contribution in [0.3, 0.4) is 0 Å². The molecule has 1 saturated heterocycles. The van der Waals surface area contributed by atoms with Crippen molar-refractivity contribution in [2.75, 3.05) is 19.6 Å². The maximum absolute atomic E-state index is 13.2. The molecule has 0 saturated carbocycles. The summed E-state index contributed by atoms with van der Waals surface area (Å²) in [6, 6.07) is 8.80. The molecule has 8 heteroatoms. The van der Waals surface area contributed by atoms with Gasteiger partial charge in [-0.15, -0.1) is 12.4 Å². The number of aromatic nitrogens is 1. The van der Waals surface area contributed by atoms with Gasteiger partial charge in [-0.3, -0.25) is 4.98 Å². The van der Waals surface area contributed by atoms with Gasteiger partial charge in [0.15, 0.2) is 0 Å². The average Bonchev–Trinajstić information content (AvgIpc) is 2.55. The van der Waals surface area contributed by atoms with Crippen molar-refractivity contribution in [3.05, 3.63) is 58.3 Å². The van der Waals surface area contributed by atoms with E-state index in [1.165, 1.54) is 0 Å². The second kappa shape index (κ2) is 7.93. The molecule has 1 aliphatic heterocycles. The van der Waals surface area contributed by atoms with Gasteiger partial charge in [0.1, 0.15) is 0 Å². The number of hydrogen-bond donors (Lipinski definition) is 1. The minimum absolute atomic E-state index is 0. The van der Waals surface area contributed by atoms with E-state index in [4.69, 9.17) is 0 Å². The normalized spacial score (nSPS) is 18.8. The summed E-state index contributed by atoms with van der Waals surface area (Å²) in [5, 5.41) is 3.26. The molecule has 130 valence electrons. The topological polar surface area (TPSA) is 62.3 Å². The minimum Gasteiger partial charge on any atom is -0.313 e. The lowest BCUT2D eigenvalue weighted by Crippen LogP contribution is -2.48. The van der Waals surface area contributed by atoms with Crippen LogP contribution in [0.5, 0.6) is 0 Å². The quantitative estimate of drug-likeness (QED) is 0.810. The Bertz CT molecular complexity index is 802. The van der Waals surface area contributed by atoms with Crippen molar-refractivity contribution in [2.45, 2.75) is 17.9 Å². The van der Waals surface area contributed by atoms with Crippen LogP contribution in [0.4, 0.5) is 0 Å². The van der Waals surface area contributed by atoms with Gasteiger partial charge in [0.25, 0.3) is 0 Å². The SMILES string of the molecule is Cc1ccc(S(=O)(=O)N2CCNCC2c2cccnc2)c(Br)c1.Cl. The summed E-state index contributed by atoms with van der Waals surface area (Å²) in [6.45, 7) is 3.58. The Morgan fingerprint density at radius 1 is 1.33 bits per heavy atom. The fourth-order valence-electron chi connectivity index (χ4n) is 2.77. The van der Waals surface area contributed by atoms with E-state index < -0.39 is 10.0 Å². The van der Waals surface area contributed by atoms with E-state index in [1.54, 1.807) is 22.8 Å². The summed E-state index contributed by atoms with van der Waals surface area (Å²) >= 11 is 3.39. The summed E-state index contributed by atoms with van der Waals surface area (Å²) in [6.07, 6.45) is 3.42. The molecule has 2 heterocycles. The molecular formula is C16H19BrClN3O2S. The van der Waals surface area contributed by atoms with Gasteiger partial charge >= 0.3 is 0 Å². The Hall–Kier alpha value is -0.990. The number of halogens is 2. The fourth-order valence-corrected chi connectivity index (χ4v) is 5.54. The standard InChI is InChI=1S/C16H18BrN3O2S.ClH/c1-12-4-5-16(14(17)9-12)23(21,22)20-8-7-19-11-15(20)13-3-2-6-18-10-13;/h2-6,9-10,15,19H,7-8,11H2,1H3;1H. The molecule has 3 rings (SSSR count). The predicted octanol–water partition coefficient (Wildman–Crippen LogP) is 2.91. The minimum atomic E-state index is -3.59. The van der Waals surface area contributed by atoms with E-state index in [9.17, 15) is 8.42 Å². The third-order valence-electron chi connectivity index (χ3n) is 3.94. The van der Waals surface area contributed by atoms with Crippen molar-refractivity contribution in [1.82, 2.24) is 14.6 Å². The van der Waals surface area contributed by atoms with Crippen molar-refractivity contribution in [2.24, 2.45) is 0 Å². The zero-order valence-corrected chi connectivity index (χ0v) is 16.4. The van der Waals surface area contributed by atoms with Crippen LogP contribution in [0, 0.1) is 6.92 Å². The van der Waals surface area contributed by atoms with Gasteiger partial charge in [-0.05, 0) is 52.2 Å². The van der Waals surface area contributed by atoms with E-state index in [-0.39, 0.29) is 18.4 Å². The third-order valence-corrected chi connectivity index (χ3v) is 6.82. The van der Waals surface area contributed by atoms with Gasteiger partial charge in [-0.25, -0.2) is 8.42 Å². The largest absolute Gasteiger partial charge is 0.313 e. The molecule has 0 bridgehead atoms. The molecule has 5 nitrogen and oxygen atoms in total. The van der Waals surface area contributed by atoms with E-state index in [0.29, 0.717) is 29.0 Å². The number of aryl methyl sites for hydroxylation is 1. The number of piperazine rings is 1. The highest BCUT2D eigenvalue weighted by Crippen LogP contribution is 2.32. The Labute approximate surface area is 157 Å². The first-order chi connectivity index (χ1) is 11.0. The summed E-state index contributed by atoms with van der Waals surface area (Å²) in [4.78, 5) is 4.42. The van der Waals surface area contributed by atoms with Crippen molar-refractivity contribution in [3.63, 3.8) is 0 Å². The molecule has 24 heavy (non-hydrogen) atoms. The Morgan fingerprint density at radius 3 is 2.79 bits per heavy atom. The van der Waals surface area contributed by atoms with E-state index in [1.807, 2.05) is 31.2 Å². The highest BCUT2D eigenvalue weighted by Gasteiger charge is 2.35. The molecule has 1 unspecified atom stereocenters. The molecule has 1 aliphatic rings. The summed E-state index contributed by atoms with van der Waals surface area (Å²) in [5.41, 5.74) is 1.91. The van der Waals surface area contributed by atoms with Crippen LogP contribution in [0.15, 0.2) is 52.1 Å².